The Balaban J connectivity index is 2.28. The standard InChI is InChI=1S/C15H14BrNO2/c1-9-3-5-13(10(2)7-9)17-15(19)12-8-11(16)4-6-14(12)18/h3-8,18H,1-2H3,(H,17,19). The topological polar surface area (TPSA) is 49.3 Å². The van der Waals surface area contributed by atoms with E-state index in [9.17, 15) is 9.90 Å². The van der Waals surface area contributed by atoms with Gasteiger partial charge in [0.25, 0.3) is 5.91 Å². The van der Waals surface area contributed by atoms with Crippen molar-refractivity contribution in [3.8, 4) is 5.75 Å². The fourth-order valence-corrected chi connectivity index (χ4v) is 2.19. The summed E-state index contributed by atoms with van der Waals surface area (Å²) in [6, 6.07) is 10.6. The summed E-state index contributed by atoms with van der Waals surface area (Å²) in [5, 5.41) is 12.5. The van der Waals surface area contributed by atoms with Crippen molar-refractivity contribution < 1.29 is 9.90 Å². The van der Waals surface area contributed by atoms with Gasteiger partial charge in [-0.15, -0.1) is 0 Å². The van der Waals surface area contributed by atoms with Crippen molar-refractivity contribution in [2.45, 2.75) is 13.8 Å². The van der Waals surface area contributed by atoms with Gasteiger partial charge in [0, 0.05) is 10.2 Å². The second kappa shape index (κ2) is 5.45. The molecule has 98 valence electrons. The van der Waals surface area contributed by atoms with Gasteiger partial charge in [-0.3, -0.25) is 4.79 Å². The summed E-state index contributed by atoms with van der Waals surface area (Å²) in [5.41, 5.74) is 3.12. The van der Waals surface area contributed by atoms with Crippen molar-refractivity contribution in [2.24, 2.45) is 0 Å². The molecule has 19 heavy (non-hydrogen) atoms. The number of phenols is 1. The molecule has 0 fully saturated rings. The molecule has 0 saturated heterocycles. The summed E-state index contributed by atoms with van der Waals surface area (Å²) in [7, 11) is 0. The SMILES string of the molecule is Cc1ccc(NC(=O)c2cc(Br)ccc2O)c(C)c1. The van der Waals surface area contributed by atoms with Crippen LogP contribution >= 0.6 is 15.9 Å². The van der Waals surface area contributed by atoms with Gasteiger partial charge < -0.3 is 10.4 Å². The van der Waals surface area contributed by atoms with E-state index >= 15 is 0 Å². The number of aryl methyl sites for hydroxylation is 2. The highest BCUT2D eigenvalue weighted by atomic mass is 79.9. The molecule has 2 N–H and O–H groups in total. The highest BCUT2D eigenvalue weighted by molar-refractivity contribution is 9.10. The number of nitrogens with one attached hydrogen (secondary N) is 1. The normalized spacial score (nSPS) is 10.3. The molecule has 0 saturated carbocycles. The first kappa shape index (κ1) is 13.6. The van der Waals surface area contributed by atoms with Gasteiger partial charge in [-0.05, 0) is 43.7 Å². The van der Waals surface area contributed by atoms with E-state index in [1.54, 1.807) is 12.1 Å². The number of carbonyl (C=O) groups is 1. The van der Waals surface area contributed by atoms with Crippen LogP contribution in [0.4, 0.5) is 5.69 Å². The summed E-state index contributed by atoms with van der Waals surface area (Å²) >= 11 is 3.28. The van der Waals surface area contributed by atoms with E-state index < -0.39 is 0 Å². The van der Waals surface area contributed by atoms with Gasteiger partial charge in [-0.1, -0.05) is 33.6 Å². The number of carbonyl (C=O) groups excluding carboxylic acids is 1. The lowest BCUT2D eigenvalue weighted by Crippen LogP contribution is -2.13. The molecule has 0 unspecified atom stereocenters. The third kappa shape index (κ3) is 3.15. The van der Waals surface area contributed by atoms with Crippen LogP contribution in [0.5, 0.6) is 5.75 Å². The fraction of sp³-hybridized carbons (Fsp3) is 0.133. The van der Waals surface area contributed by atoms with Crippen molar-refractivity contribution in [1.29, 1.82) is 0 Å². The number of benzene rings is 2. The van der Waals surface area contributed by atoms with E-state index in [1.165, 1.54) is 6.07 Å². The minimum atomic E-state index is -0.328. The van der Waals surface area contributed by atoms with Crippen LogP contribution in [0.1, 0.15) is 21.5 Å². The van der Waals surface area contributed by atoms with Crippen LogP contribution in [-0.4, -0.2) is 11.0 Å². The second-order valence-electron chi connectivity index (χ2n) is 4.43. The molecule has 0 aliphatic rings. The number of hydrogen-bond donors (Lipinski definition) is 2. The summed E-state index contributed by atoms with van der Waals surface area (Å²) in [5.74, 6) is -0.365. The average molecular weight is 320 g/mol. The molecular weight excluding hydrogens is 306 g/mol. The van der Waals surface area contributed by atoms with Crippen molar-refractivity contribution in [3.63, 3.8) is 0 Å². The van der Waals surface area contributed by atoms with E-state index in [4.69, 9.17) is 0 Å². The van der Waals surface area contributed by atoms with E-state index in [1.807, 2.05) is 32.0 Å². The molecule has 0 aromatic heterocycles. The van der Waals surface area contributed by atoms with Gasteiger partial charge in [0.15, 0.2) is 0 Å². The molecule has 0 aliphatic carbocycles. The number of rotatable bonds is 2. The zero-order valence-electron chi connectivity index (χ0n) is 10.7. The summed E-state index contributed by atoms with van der Waals surface area (Å²) in [6.07, 6.45) is 0. The molecular formula is C15H14BrNO2. The molecule has 1 amide bonds. The molecule has 0 radical (unpaired) electrons. The van der Waals surface area contributed by atoms with E-state index in [0.717, 1.165) is 21.3 Å². The Morgan fingerprint density at radius 2 is 1.89 bits per heavy atom. The Bertz CT molecular complexity index is 638. The minimum absolute atomic E-state index is 0.0366. The van der Waals surface area contributed by atoms with Crippen LogP contribution in [0.2, 0.25) is 0 Å². The van der Waals surface area contributed by atoms with Crippen molar-refractivity contribution >= 4 is 27.5 Å². The highest BCUT2D eigenvalue weighted by Crippen LogP contribution is 2.24. The molecule has 4 heteroatoms. The van der Waals surface area contributed by atoms with Crippen LogP contribution in [0.3, 0.4) is 0 Å². The monoisotopic (exact) mass is 319 g/mol. The van der Waals surface area contributed by atoms with Crippen LogP contribution in [0.15, 0.2) is 40.9 Å². The lowest BCUT2D eigenvalue weighted by atomic mass is 10.1. The third-order valence-corrected chi connectivity index (χ3v) is 3.33. The van der Waals surface area contributed by atoms with Crippen molar-refractivity contribution in [3.05, 3.63) is 57.6 Å². The highest BCUT2D eigenvalue weighted by Gasteiger charge is 2.12. The van der Waals surface area contributed by atoms with Crippen LogP contribution in [0, 0.1) is 13.8 Å². The fourth-order valence-electron chi connectivity index (χ4n) is 1.83. The molecule has 2 rings (SSSR count). The molecule has 0 bridgehead atoms. The molecule has 0 atom stereocenters. The Morgan fingerprint density at radius 1 is 1.16 bits per heavy atom. The van der Waals surface area contributed by atoms with Crippen LogP contribution in [0.25, 0.3) is 0 Å². The Labute approximate surface area is 120 Å². The predicted molar refractivity (Wildman–Crippen MR) is 79.7 cm³/mol. The lowest BCUT2D eigenvalue weighted by molar-refractivity contribution is 0.102. The maximum atomic E-state index is 12.1. The molecule has 0 heterocycles. The largest absolute Gasteiger partial charge is 0.507 e. The molecule has 3 nitrogen and oxygen atoms in total. The van der Waals surface area contributed by atoms with Gasteiger partial charge in [-0.2, -0.15) is 0 Å². The lowest BCUT2D eigenvalue weighted by Gasteiger charge is -2.10. The number of aromatic hydroxyl groups is 1. The Hall–Kier alpha value is -1.81. The summed E-state index contributed by atoms with van der Waals surface area (Å²) in [4.78, 5) is 12.1. The maximum absolute atomic E-state index is 12.1. The molecule has 2 aromatic rings. The maximum Gasteiger partial charge on any atom is 0.259 e. The zero-order chi connectivity index (χ0) is 14.0. The Morgan fingerprint density at radius 3 is 2.58 bits per heavy atom. The van der Waals surface area contributed by atoms with Crippen molar-refractivity contribution in [2.75, 3.05) is 5.32 Å². The summed E-state index contributed by atoms with van der Waals surface area (Å²) < 4.78 is 0.746. The molecule has 0 spiro atoms. The van der Waals surface area contributed by atoms with Gasteiger partial charge in [0.1, 0.15) is 5.75 Å². The number of phenolic OH excluding ortho intramolecular Hbond substituents is 1. The zero-order valence-corrected chi connectivity index (χ0v) is 12.3. The van der Waals surface area contributed by atoms with Crippen molar-refractivity contribution in [1.82, 2.24) is 0 Å². The smallest absolute Gasteiger partial charge is 0.259 e. The van der Waals surface area contributed by atoms with Crippen LogP contribution in [-0.2, 0) is 0 Å². The number of halogens is 1. The number of hydrogen-bond acceptors (Lipinski definition) is 2. The second-order valence-corrected chi connectivity index (χ2v) is 5.35. The molecule has 2 aromatic carbocycles. The Kier molecular flexibility index (Phi) is 3.90. The predicted octanol–water partition coefficient (Wildman–Crippen LogP) is 4.02. The van der Waals surface area contributed by atoms with E-state index in [-0.39, 0.29) is 17.2 Å². The first-order chi connectivity index (χ1) is 8.97. The van der Waals surface area contributed by atoms with Gasteiger partial charge in [0.2, 0.25) is 0 Å². The third-order valence-electron chi connectivity index (χ3n) is 2.83. The van der Waals surface area contributed by atoms with E-state index in [2.05, 4.69) is 21.2 Å². The first-order valence-corrected chi connectivity index (χ1v) is 6.64. The quantitative estimate of drug-likeness (QED) is 0.878. The minimum Gasteiger partial charge on any atom is -0.507 e. The van der Waals surface area contributed by atoms with Crippen LogP contribution < -0.4 is 5.32 Å². The van der Waals surface area contributed by atoms with E-state index in [0.29, 0.717) is 0 Å². The number of anilines is 1. The number of amides is 1. The molecule has 0 aliphatic heterocycles. The van der Waals surface area contributed by atoms with Gasteiger partial charge in [0.05, 0.1) is 5.56 Å². The van der Waals surface area contributed by atoms with Gasteiger partial charge in [-0.25, -0.2) is 0 Å². The summed E-state index contributed by atoms with van der Waals surface area (Å²) in [6.45, 7) is 3.93. The average Bonchev–Trinajstić information content (AvgIpc) is 2.35. The first-order valence-electron chi connectivity index (χ1n) is 5.84. The van der Waals surface area contributed by atoms with Gasteiger partial charge >= 0.3 is 0 Å².